The first kappa shape index (κ1) is 19.1. The maximum absolute atomic E-state index is 13.6. The molecule has 1 fully saturated rings. The van der Waals surface area contributed by atoms with Gasteiger partial charge >= 0.3 is 0 Å². The second-order valence-corrected chi connectivity index (χ2v) is 8.80. The van der Waals surface area contributed by atoms with E-state index in [1.54, 1.807) is 13.8 Å². The lowest BCUT2D eigenvalue weighted by molar-refractivity contribution is 0.323. The zero-order chi connectivity index (χ0) is 17.9. The van der Waals surface area contributed by atoms with Crippen molar-refractivity contribution in [3.8, 4) is 0 Å². The van der Waals surface area contributed by atoms with Gasteiger partial charge in [0.2, 0.25) is 10.0 Å². The second-order valence-electron chi connectivity index (χ2n) is 6.53. The summed E-state index contributed by atoms with van der Waals surface area (Å²) in [6.45, 7) is 3.70. The number of sulfonamides is 1. The molecule has 0 aliphatic heterocycles. The van der Waals surface area contributed by atoms with Crippen LogP contribution in [0.3, 0.4) is 0 Å². The van der Waals surface area contributed by atoms with Crippen LogP contribution < -0.4 is 10.0 Å². The van der Waals surface area contributed by atoms with E-state index in [1.165, 1.54) is 6.07 Å². The molecule has 0 aromatic heterocycles. The van der Waals surface area contributed by atoms with Crippen molar-refractivity contribution in [1.82, 2.24) is 4.72 Å². The SMILES string of the molecule is CC(C)S(=O)(=O)NC1CCC(CNc2ccc(F)c(F)c2F)CC1. The molecule has 0 bridgehead atoms. The summed E-state index contributed by atoms with van der Waals surface area (Å²) in [4.78, 5) is 0. The predicted molar refractivity (Wildman–Crippen MR) is 87.7 cm³/mol. The molecular weight excluding hydrogens is 341 g/mol. The van der Waals surface area contributed by atoms with E-state index < -0.39 is 32.7 Å². The number of halogens is 3. The van der Waals surface area contributed by atoms with E-state index in [0.717, 1.165) is 18.9 Å². The van der Waals surface area contributed by atoms with Crippen LogP contribution in [0.15, 0.2) is 12.1 Å². The van der Waals surface area contributed by atoms with E-state index in [4.69, 9.17) is 0 Å². The van der Waals surface area contributed by atoms with Crippen molar-refractivity contribution in [2.24, 2.45) is 5.92 Å². The third-order valence-corrected chi connectivity index (χ3v) is 6.32. The number of rotatable bonds is 6. The first-order chi connectivity index (χ1) is 11.2. The molecule has 0 amide bonds. The van der Waals surface area contributed by atoms with Gasteiger partial charge in [-0.2, -0.15) is 0 Å². The first-order valence-corrected chi connectivity index (χ1v) is 9.64. The fraction of sp³-hybridized carbons (Fsp3) is 0.625. The summed E-state index contributed by atoms with van der Waals surface area (Å²) < 4.78 is 66.1. The van der Waals surface area contributed by atoms with Gasteiger partial charge in [0.1, 0.15) is 0 Å². The minimum Gasteiger partial charge on any atom is -0.382 e. The van der Waals surface area contributed by atoms with Crippen LogP contribution >= 0.6 is 0 Å². The van der Waals surface area contributed by atoms with E-state index in [0.29, 0.717) is 19.4 Å². The Kier molecular flexibility index (Phi) is 6.14. The molecule has 136 valence electrons. The summed E-state index contributed by atoms with van der Waals surface area (Å²) in [6, 6.07) is 1.99. The van der Waals surface area contributed by atoms with Gasteiger partial charge in [-0.25, -0.2) is 26.3 Å². The fourth-order valence-corrected chi connectivity index (χ4v) is 3.74. The van der Waals surface area contributed by atoms with Gasteiger partial charge < -0.3 is 5.32 Å². The highest BCUT2D eigenvalue weighted by Crippen LogP contribution is 2.26. The molecule has 0 unspecified atom stereocenters. The zero-order valence-electron chi connectivity index (χ0n) is 13.8. The second kappa shape index (κ2) is 7.74. The van der Waals surface area contributed by atoms with E-state index in [1.807, 2.05) is 0 Å². The van der Waals surface area contributed by atoms with Crippen LogP contribution in [0.2, 0.25) is 0 Å². The number of nitrogens with one attached hydrogen (secondary N) is 2. The molecule has 1 aromatic rings. The molecular formula is C16H23F3N2O2S. The van der Waals surface area contributed by atoms with Gasteiger partial charge in [0.05, 0.1) is 10.9 Å². The Hall–Kier alpha value is -1.28. The minimum atomic E-state index is -3.28. The molecule has 0 radical (unpaired) electrons. The molecule has 1 aromatic carbocycles. The Balaban J connectivity index is 1.83. The van der Waals surface area contributed by atoms with E-state index in [9.17, 15) is 21.6 Å². The van der Waals surface area contributed by atoms with Crippen molar-refractivity contribution < 1.29 is 21.6 Å². The van der Waals surface area contributed by atoms with Gasteiger partial charge in [-0.15, -0.1) is 0 Å². The number of hydrogen-bond acceptors (Lipinski definition) is 3. The molecule has 1 saturated carbocycles. The van der Waals surface area contributed by atoms with Crippen molar-refractivity contribution in [3.05, 3.63) is 29.6 Å². The number of benzene rings is 1. The Morgan fingerprint density at radius 1 is 1.08 bits per heavy atom. The summed E-state index contributed by atoms with van der Waals surface area (Å²) in [7, 11) is -3.28. The molecule has 0 spiro atoms. The summed E-state index contributed by atoms with van der Waals surface area (Å²) in [6.07, 6.45) is 2.98. The smallest absolute Gasteiger partial charge is 0.214 e. The standard InChI is InChI=1S/C16H23F3N2O2S/c1-10(2)24(22,23)21-12-5-3-11(4-6-12)9-20-14-8-7-13(17)15(18)16(14)19/h7-8,10-12,20-21H,3-6,9H2,1-2H3. The highest BCUT2D eigenvalue weighted by molar-refractivity contribution is 7.90. The topological polar surface area (TPSA) is 58.2 Å². The summed E-state index contributed by atoms with van der Waals surface area (Å²) in [5.74, 6) is -3.67. The van der Waals surface area contributed by atoms with Crippen LogP contribution in [0.1, 0.15) is 39.5 Å². The van der Waals surface area contributed by atoms with E-state index in [2.05, 4.69) is 10.0 Å². The van der Waals surface area contributed by atoms with Crippen molar-refractivity contribution in [2.75, 3.05) is 11.9 Å². The van der Waals surface area contributed by atoms with Crippen molar-refractivity contribution in [2.45, 2.75) is 50.8 Å². The molecule has 1 aliphatic rings. The van der Waals surface area contributed by atoms with Crippen molar-refractivity contribution in [3.63, 3.8) is 0 Å². The van der Waals surface area contributed by atoms with Gasteiger partial charge in [-0.05, 0) is 57.6 Å². The molecule has 0 saturated heterocycles. The molecule has 0 atom stereocenters. The molecule has 24 heavy (non-hydrogen) atoms. The van der Waals surface area contributed by atoms with E-state index in [-0.39, 0.29) is 17.6 Å². The van der Waals surface area contributed by atoms with Gasteiger partial charge in [0.15, 0.2) is 17.5 Å². The summed E-state index contributed by atoms with van der Waals surface area (Å²) in [5, 5.41) is 2.35. The van der Waals surface area contributed by atoms with Gasteiger partial charge in [-0.1, -0.05) is 0 Å². The van der Waals surface area contributed by atoms with Crippen LogP contribution in [0.25, 0.3) is 0 Å². The van der Waals surface area contributed by atoms with Crippen molar-refractivity contribution in [1.29, 1.82) is 0 Å². The van der Waals surface area contributed by atoms with E-state index >= 15 is 0 Å². The van der Waals surface area contributed by atoms with Crippen LogP contribution in [0.4, 0.5) is 18.9 Å². The summed E-state index contributed by atoms with van der Waals surface area (Å²) in [5.41, 5.74) is -0.0588. The highest BCUT2D eigenvalue weighted by atomic mass is 32.2. The Morgan fingerprint density at radius 3 is 2.29 bits per heavy atom. The lowest BCUT2D eigenvalue weighted by Crippen LogP contribution is -2.41. The minimum absolute atomic E-state index is 0.0588. The Labute approximate surface area is 140 Å². The molecule has 2 N–H and O–H groups in total. The first-order valence-electron chi connectivity index (χ1n) is 8.09. The molecule has 1 aliphatic carbocycles. The summed E-state index contributed by atoms with van der Waals surface area (Å²) >= 11 is 0. The average Bonchev–Trinajstić information content (AvgIpc) is 2.53. The van der Waals surface area contributed by atoms with Crippen LogP contribution in [0, 0.1) is 23.4 Å². The third kappa shape index (κ3) is 4.63. The fourth-order valence-electron chi connectivity index (χ4n) is 2.77. The van der Waals surface area contributed by atoms with Crippen molar-refractivity contribution >= 4 is 15.7 Å². The lowest BCUT2D eigenvalue weighted by Gasteiger charge is -2.29. The lowest BCUT2D eigenvalue weighted by atomic mass is 9.86. The average molecular weight is 364 g/mol. The molecule has 2 rings (SSSR count). The van der Waals surface area contributed by atoms with Crippen LogP contribution in [-0.2, 0) is 10.0 Å². The normalized spacial score (nSPS) is 21.9. The maximum Gasteiger partial charge on any atom is 0.214 e. The predicted octanol–water partition coefficient (Wildman–Crippen LogP) is 3.40. The van der Waals surface area contributed by atoms with Crippen LogP contribution in [0.5, 0.6) is 0 Å². The van der Waals surface area contributed by atoms with Crippen LogP contribution in [-0.4, -0.2) is 26.3 Å². The Morgan fingerprint density at radius 2 is 1.71 bits per heavy atom. The molecule has 8 heteroatoms. The highest BCUT2D eigenvalue weighted by Gasteiger charge is 2.26. The van der Waals surface area contributed by atoms with Gasteiger partial charge in [0.25, 0.3) is 0 Å². The largest absolute Gasteiger partial charge is 0.382 e. The Bertz CT molecular complexity index is 672. The zero-order valence-corrected chi connectivity index (χ0v) is 14.6. The molecule has 0 heterocycles. The molecule has 4 nitrogen and oxygen atoms in total. The van der Waals surface area contributed by atoms with Gasteiger partial charge in [-0.3, -0.25) is 0 Å². The quantitative estimate of drug-likeness (QED) is 0.761. The monoisotopic (exact) mass is 364 g/mol. The maximum atomic E-state index is 13.6. The third-order valence-electron chi connectivity index (χ3n) is 4.41. The van der Waals surface area contributed by atoms with Gasteiger partial charge in [0, 0.05) is 12.6 Å². The number of hydrogen-bond donors (Lipinski definition) is 2. The number of anilines is 1.